The third-order valence-corrected chi connectivity index (χ3v) is 5.40. The van der Waals surface area contributed by atoms with Gasteiger partial charge in [-0.3, -0.25) is 4.79 Å². The number of nitrogens with one attached hydrogen (secondary N) is 1. The molecule has 0 aromatic heterocycles. The van der Waals surface area contributed by atoms with E-state index < -0.39 is 0 Å². The Morgan fingerprint density at radius 3 is 2.60 bits per heavy atom. The van der Waals surface area contributed by atoms with E-state index in [2.05, 4.69) is 43.2 Å². The number of fused-ring (bicyclic) bond motifs is 1. The second-order valence-corrected chi connectivity index (χ2v) is 7.32. The minimum absolute atomic E-state index is 0.0196. The first kappa shape index (κ1) is 14.1. The highest BCUT2D eigenvalue weighted by Gasteiger charge is 2.26. The third-order valence-electron chi connectivity index (χ3n) is 3.81. The summed E-state index contributed by atoms with van der Waals surface area (Å²) in [5.41, 5.74) is 0.728. The largest absolute Gasteiger partial charge is 0.348 e. The molecule has 1 amide bonds. The first-order chi connectivity index (χ1) is 9.63. The lowest BCUT2D eigenvalue weighted by molar-refractivity contribution is 0.0939. The van der Waals surface area contributed by atoms with Crippen molar-refractivity contribution < 1.29 is 4.79 Å². The van der Waals surface area contributed by atoms with E-state index >= 15 is 0 Å². The molecule has 1 fully saturated rings. The Morgan fingerprint density at radius 1 is 1.10 bits per heavy atom. The predicted molar refractivity (Wildman–Crippen MR) is 89.5 cm³/mol. The van der Waals surface area contributed by atoms with Crippen molar-refractivity contribution in [3.05, 3.63) is 46.4 Å². The number of benzene rings is 2. The number of alkyl halides is 1. The molecule has 4 heteroatoms. The van der Waals surface area contributed by atoms with E-state index in [9.17, 15) is 4.79 Å². The lowest BCUT2D eigenvalue weighted by atomic mass is 10.1. The predicted octanol–water partition coefficient (Wildman–Crippen LogP) is 4.65. The van der Waals surface area contributed by atoms with Gasteiger partial charge in [-0.2, -0.15) is 0 Å². The molecule has 2 atom stereocenters. The van der Waals surface area contributed by atoms with Crippen molar-refractivity contribution in [2.24, 2.45) is 0 Å². The van der Waals surface area contributed by atoms with E-state index in [4.69, 9.17) is 0 Å². The monoisotopic (exact) mass is 395 g/mol. The first-order valence-corrected chi connectivity index (χ1v) is 8.48. The third kappa shape index (κ3) is 2.91. The van der Waals surface area contributed by atoms with Crippen molar-refractivity contribution in [2.45, 2.75) is 30.1 Å². The van der Waals surface area contributed by atoms with Gasteiger partial charge in [0.15, 0.2) is 0 Å². The van der Waals surface area contributed by atoms with Gasteiger partial charge in [0.2, 0.25) is 0 Å². The SMILES string of the molecule is O=C(NC1CCCC1Br)c1ccc2cc(Br)ccc2c1. The Kier molecular flexibility index (Phi) is 4.13. The molecule has 20 heavy (non-hydrogen) atoms. The highest BCUT2D eigenvalue weighted by atomic mass is 79.9. The topological polar surface area (TPSA) is 29.1 Å². The van der Waals surface area contributed by atoms with Gasteiger partial charge in [0.25, 0.3) is 5.91 Å². The van der Waals surface area contributed by atoms with E-state index in [-0.39, 0.29) is 11.9 Å². The molecule has 0 aliphatic heterocycles. The maximum Gasteiger partial charge on any atom is 0.251 e. The standard InChI is InChI=1S/C16H15Br2NO/c17-13-7-6-10-8-12(5-4-11(10)9-13)16(20)19-15-3-1-2-14(15)18/h4-9,14-15H,1-3H2,(H,19,20). The number of amides is 1. The summed E-state index contributed by atoms with van der Waals surface area (Å²) in [7, 11) is 0. The van der Waals surface area contributed by atoms with Crippen molar-refractivity contribution in [2.75, 3.05) is 0 Å². The minimum atomic E-state index is 0.0196. The van der Waals surface area contributed by atoms with Crippen LogP contribution in [0, 0.1) is 0 Å². The fourth-order valence-corrected chi connectivity index (χ4v) is 3.79. The number of halogens is 2. The van der Waals surface area contributed by atoms with Crippen LogP contribution in [0.2, 0.25) is 0 Å². The molecule has 0 saturated heterocycles. The van der Waals surface area contributed by atoms with Crippen LogP contribution in [0.5, 0.6) is 0 Å². The Bertz CT molecular complexity index is 656. The summed E-state index contributed by atoms with van der Waals surface area (Å²) in [5.74, 6) is 0.0196. The zero-order valence-electron chi connectivity index (χ0n) is 10.9. The van der Waals surface area contributed by atoms with Crippen LogP contribution in [-0.2, 0) is 0 Å². The van der Waals surface area contributed by atoms with E-state index in [1.807, 2.05) is 30.3 Å². The van der Waals surface area contributed by atoms with Crippen LogP contribution >= 0.6 is 31.9 Å². The Morgan fingerprint density at radius 2 is 1.85 bits per heavy atom. The lowest BCUT2D eigenvalue weighted by Crippen LogP contribution is -2.37. The van der Waals surface area contributed by atoms with Crippen molar-refractivity contribution >= 4 is 48.5 Å². The summed E-state index contributed by atoms with van der Waals surface area (Å²) < 4.78 is 1.05. The van der Waals surface area contributed by atoms with Crippen LogP contribution in [0.25, 0.3) is 10.8 Å². The van der Waals surface area contributed by atoms with Crippen molar-refractivity contribution in [1.29, 1.82) is 0 Å². The molecule has 1 N–H and O–H groups in total. The van der Waals surface area contributed by atoms with E-state index in [1.54, 1.807) is 0 Å². The quantitative estimate of drug-likeness (QED) is 0.735. The highest BCUT2D eigenvalue weighted by Crippen LogP contribution is 2.26. The highest BCUT2D eigenvalue weighted by molar-refractivity contribution is 9.10. The summed E-state index contributed by atoms with van der Waals surface area (Å²) in [6.45, 7) is 0. The molecule has 2 nitrogen and oxygen atoms in total. The normalized spacial score (nSPS) is 22.1. The Hall–Kier alpha value is -0.870. The van der Waals surface area contributed by atoms with Crippen molar-refractivity contribution in [3.63, 3.8) is 0 Å². The van der Waals surface area contributed by atoms with Gasteiger partial charge in [-0.1, -0.05) is 50.4 Å². The van der Waals surface area contributed by atoms with E-state index in [0.29, 0.717) is 4.83 Å². The van der Waals surface area contributed by atoms with Gasteiger partial charge in [0.1, 0.15) is 0 Å². The van der Waals surface area contributed by atoms with Gasteiger partial charge in [0, 0.05) is 20.9 Å². The number of rotatable bonds is 2. The lowest BCUT2D eigenvalue weighted by Gasteiger charge is -2.16. The zero-order chi connectivity index (χ0) is 14.1. The zero-order valence-corrected chi connectivity index (χ0v) is 14.1. The summed E-state index contributed by atoms with van der Waals surface area (Å²) in [6, 6.07) is 12.2. The van der Waals surface area contributed by atoms with Gasteiger partial charge in [-0.25, -0.2) is 0 Å². The maximum absolute atomic E-state index is 12.3. The number of carbonyl (C=O) groups excluding carboxylic acids is 1. The van der Waals surface area contributed by atoms with E-state index in [1.165, 1.54) is 6.42 Å². The van der Waals surface area contributed by atoms with Crippen LogP contribution < -0.4 is 5.32 Å². The van der Waals surface area contributed by atoms with Crippen LogP contribution in [0.3, 0.4) is 0 Å². The molecule has 0 spiro atoms. The Balaban J connectivity index is 1.82. The number of hydrogen-bond donors (Lipinski definition) is 1. The molecule has 1 aliphatic carbocycles. The fourth-order valence-electron chi connectivity index (χ4n) is 2.69. The molecule has 0 heterocycles. The molecular formula is C16H15Br2NO. The Labute approximate surface area is 135 Å². The summed E-state index contributed by atoms with van der Waals surface area (Å²) in [6.07, 6.45) is 3.37. The summed E-state index contributed by atoms with van der Waals surface area (Å²) in [5, 5.41) is 5.35. The van der Waals surface area contributed by atoms with Gasteiger partial charge in [-0.05, 0) is 47.9 Å². The molecule has 0 bridgehead atoms. The number of hydrogen-bond acceptors (Lipinski definition) is 1. The van der Waals surface area contributed by atoms with Crippen molar-refractivity contribution in [1.82, 2.24) is 5.32 Å². The average molecular weight is 397 g/mol. The van der Waals surface area contributed by atoms with Gasteiger partial charge < -0.3 is 5.32 Å². The molecule has 3 rings (SSSR count). The second kappa shape index (κ2) is 5.86. The summed E-state index contributed by atoms with van der Waals surface area (Å²) in [4.78, 5) is 12.7. The van der Waals surface area contributed by atoms with Gasteiger partial charge in [-0.15, -0.1) is 0 Å². The van der Waals surface area contributed by atoms with Gasteiger partial charge >= 0.3 is 0 Å². The molecule has 0 radical (unpaired) electrons. The molecule has 2 aromatic rings. The average Bonchev–Trinajstić information content (AvgIpc) is 2.83. The minimum Gasteiger partial charge on any atom is -0.348 e. The number of carbonyl (C=O) groups is 1. The van der Waals surface area contributed by atoms with Crippen LogP contribution in [-0.4, -0.2) is 16.8 Å². The summed E-state index contributed by atoms with van der Waals surface area (Å²) >= 11 is 7.09. The first-order valence-electron chi connectivity index (χ1n) is 6.78. The van der Waals surface area contributed by atoms with Crippen LogP contribution in [0.4, 0.5) is 0 Å². The fraction of sp³-hybridized carbons (Fsp3) is 0.312. The van der Waals surface area contributed by atoms with E-state index in [0.717, 1.165) is 33.7 Å². The molecule has 104 valence electrons. The second-order valence-electron chi connectivity index (χ2n) is 5.23. The smallest absolute Gasteiger partial charge is 0.251 e. The van der Waals surface area contributed by atoms with Crippen LogP contribution in [0.1, 0.15) is 29.6 Å². The molecule has 1 aliphatic rings. The molecule has 2 aromatic carbocycles. The van der Waals surface area contributed by atoms with Crippen LogP contribution in [0.15, 0.2) is 40.9 Å². The molecule has 1 saturated carbocycles. The van der Waals surface area contributed by atoms with Crippen molar-refractivity contribution in [3.8, 4) is 0 Å². The molecular weight excluding hydrogens is 382 g/mol. The molecule has 2 unspecified atom stereocenters. The van der Waals surface area contributed by atoms with Gasteiger partial charge in [0.05, 0.1) is 0 Å². The maximum atomic E-state index is 12.3.